The summed E-state index contributed by atoms with van der Waals surface area (Å²) in [6.07, 6.45) is 5.91. The van der Waals surface area contributed by atoms with Crippen LogP contribution < -0.4 is 10.9 Å². The standard InChI is InChI=1S/C16H22N2O2/c1-12(13-8-4-2-5-9-13)15(19)17-18-16(20)14-10-6-3-7-11-14/h3,6-7,10-13H,2,4-5,8-9H2,1H3,(H,17,19)(H,18,20). The zero-order valence-corrected chi connectivity index (χ0v) is 11.9. The molecule has 20 heavy (non-hydrogen) atoms. The Kier molecular flexibility index (Phi) is 5.16. The van der Waals surface area contributed by atoms with E-state index < -0.39 is 0 Å². The maximum Gasteiger partial charge on any atom is 0.269 e. The lowest BCUT2D eigenvalue weighted by atomic mass is 9.80. The molecule has 4 nitrogen and oxygen atoms in total. The normalized spacial score (nSPS) is 17.2. The van der Waals surface area contributed by atoms with Crippen molar-refractivity contribution in [2.45, 2.75) is 39.0 Å². The second kappa shape index (κ2) is 7.08. The lowest BCUT2D eigenvalue weighted by Crippen LogP contribution is -2.45. The van der Waals surface area contributed by atoms with Gasteiger partial charge < -0.3 is 0 Å². The predicted octanol–water partition coefficient (Wildman–Crippen LogP) is 2.66. The minimum absolute atomic E-state index is 0.0497. The average Bonchev–Trinajstić information content (AvgIpc) is 2.53. The molecule has 4 heteroatoms. The highest BCUT2D eigenvalue weighted by Crippen LogP contribution is 2.29. The molecule has 1 fully saturated rings. The van der Waals surface area contributed by atoms with Gasteiger partial charge in [0.1, 0.15) is 0 Å². The van der Waals surface area contributed by atoms with Gasteiger partial charge in [0.05, 0.1) is 0 Å². The monoisotopic (exact) mass is 274 g/mol. The minimum Gasteiger partial charge on any atom is -0.273 e. The van der Waals surface area contributed by atoms with Gasteiger partial charge in [0.2, 0.25) is 5.91 Å². The molecule has 0 aliphatic heterocycles. The molecule has 0 radical (unpaired) electrons. The molecule has 0 saturated heterocycles. The number of benzene rings is 1. The Morgan fingerprint density at radius 1 is 1.05 bits per heavy atom. The van der Waals surface area contributed by atoms with E-state index in [0.29, 0.717) is 11.5 Å². The van der Waals surface area contributed by atoms with Gasteiger partial charge in [0.15, 0.2) is 0 Å². The first-order valence-electron chi connectivity index (χ1n) is 7.33. The molecule has 2 amide bonds. The Labute approximate surface area is 119 Å². The van der Waals surface area contributed by atoms with Gasteiger partial charge in [-0.2, -0.15) is 0 Å². The number of carbonyl (C=O) groups excluding carboxylic acids is 2. The highest BCUT2D eigenvalue weighted by atomic mass is 16.2. The number of hydrazine groups is 1. The second-order valence-corrected chi connectivity index (χ2v) is 5.50. The molecule has 1 saturated carbocycles. The Bertz CT molecular complexity index is 453. The highest BCUT2D eigenvalue weighted by Gasteiger charge is 2.25. The molecule has 1 unspecified atom stereocenters. The summed E-state index contributed by atoms with van der Waals surface area (Å²) < 4.78 is 0. The predicted molar refractivity (Wildman–Crippen MR) is 77.8 cm³/mol. The van der Waals surface area contributed by atoms with Crippen LogP contribution in [0.15, 0.2) is 30.3 Å². The van der Waals surface area contributed by atoms with E-state index in [1.165, 1.54) is 19.3 Å². The zero-order chi connectivity index (χ0) is 14.4. The minimum atomic E-state index is -0.283. The molecular formula is C16H22N2O2. The summed E-state index contributed by atoms with van der Waals surface area (Å²) in [5.74, 6) is 0.0136. The average molecular weight is 274 g/mol. The van der Waals surface area contributed by atoms with Crippen molar-refractivity contribution in [3.8, 4) is 0 Å². The molecule has 2 rings (SSSR count). The fourth-order valence-corrected chi connectivity index (χ4v) is 2.74. The number of amides is 2. The van der Waals surface area contributed by atoms with Crippen LogP contribution in [0.4, 0.5) is 0 Å². The lowest BCUT2D eigenvalue weighted by molar-refractivity contribution is -0.127. The summed E-state index contributed by atoms with van der Waals surface area (Å²) in [4.78, 5) is 23.9. The Balaban J connectivity index is 1.81. The van der Waals surface area contributed by atoms with E-state index >= 15 is 0 Å². The summed E-state index contributed by atoms with van der Waals surface area (Å²) in [5.41, 5.74) is 5.56. The van der Waals surface area contributed by atoms with Gasteiger partial charge in [0, 0.05) is 11.5 Å². The summed E-state index contributed by atoms with van der Waals surface area (Å²) in [5, 5.41) is 0. The first-order chi connectivity index (χ1) is 9.68. The van der Waals surface area contributed by atoms with Crippen LogP contribution in [-0.2, 0) is 4.79 Å². The SMILES string of the molecule is CC(C(=O)NNC(=O)c1ccccc1)C1CCCCC1. The Hall–Kier alpha value is -1.84. The van der Waals surface area contributed by atoms with Crippen molar-refractivity contribution in [3.63, 3.8) is 0 Å². The molecular weight excluding hydrogens is 252 g/mol. The van der Waals surface area contributed by atoms with Gasteiger partial charge in [-0.05, 0) is 30.9 Å². The van der Waals surface area contributed by atoms with Crippen LogP contribution in [-0.4, -0.2) is 11.8 Å². The Morgan fingerprint density at radius 3 is 2.35 bits per heavy atom. The number of nitrogens with one attached hydrogen (secondary N) is 2. The topological polar surface area (TPSA) is 58.2 Å². The van der Waals surface area contributed by atoms with Gasteiger partial charge in [-0.1, -0.05) is 44.4 Å². The third-order valence-corrected chi connectivity index (χ3v) is 4.11. The third-order valence-electron chi connectivity index (χ3n) is 4.11. The van der Waals surface area contributed by atoms with Gasteiger partial charge >= 0.3 is 0 Å². The van der Waals surface area contributed by atoms with Crippen LogP contribution in [0.5, 0.6) is 0 Å². The van der Waals surface area contributed by atoms with E-state index in [0.717, 1.165) is 12.8 Å². The fraction of sp³-hybridized carbons (Fsp3) is 0.500. The zero-order valence-electron chi connectivity index (χ0n) is 11.9. The molecule has 1 aromatic rings. The van der Waals surface area contributed by atoms with Crippen LogP contribution >= 0.6 is 0 Å². The van der Waals surface area contributed by atoms with Crippen molar-refractivity contribution in [3.05, 3.63) is 35.9 Å². The number of hydrogen-bond donors (Lipinski definition) is 2. The second-order valence-electron chi connectivity index (χ2n) is 5.50. The van der Waals surface area contributed by atoms with Crippen LogP contribution in [0.2, 0.25) is 0 Å². The molecule has 1 aromatic carbocycles. The quantitative estimate of drug-likeness (QED) is 0.833. The van der Waals surface area contributed by atoms with E-state index in [4.69, 9.17) is 0 Å². The molecule has 0 heterocycles. The summed E-state index contributed by atoms with van der Waals surface area (Å²) in [7, 11) is 0. The van der Waals surface area contributed by atoms with E-state index in [1.807, 2.05) is 13.0 Å². The number of rotatable bonds is 3. The third kappa shape index (κ3) is 3.83. The van der Waals surface area contributed by atoms with E-state index in [-0.39, 0.29) is 17.7 Å². The summed E-state index contributed by atoms with van der Waals surface area (Å²) in [6.45, 7) is 1.94. The summed E-state index contributed by atoms with van der Waals surface area (Å²) in [6, 6.07) is 8.86. The first-order valence-corrected chi connectivity index (χ1v) is 7.33. The van der Waals surface area contributed by atoms with Gasteiger partial charge in [-0.3, -0.25) is 20.4 Å². The maximum atomic E-state index is 12.1. The van der Waals surface area contributed by atoms with E-state index in [9.17, 15) is 9.59 Å². The van der Waals surface area contributed by atoms with Crippen LogP contribution in [0.3, 0.4) is 0 Å². The highest BCUT2D eigenvalue weighted by molar-refractivity contribution is 5.95. The van der Waals surface area contributed by atoms with Crippen molar-refractivity contribution >= 4 is 11.8 Å². The van der Waals surface area contributed by atoms with Gasteiger partial charge in [0.25, 0.3) is 5.91 Å². The molecule has 0 spiro atoms. The number of hydrogen-bond acceptors (Lipinski definition) is 2. The first kappa shape index (κ1) is 14.6. The van der Waals surface area contributed by atoms with Gasteiger partial charge in [-0.15, -0.1) is 0 Å². The van der Waals surface area contributed by atoms with Crippen molar-refractivity contribution < 1.29 is 9.59 Å². The van der Waals surface area contributed by atoms with Gasteiger partial charge in [-0.25, -0.2) is 0 Å². The van der Waals surface area contributed by atoms with Crippen LogP contribution in [0.1, 0.15) is 49.4 Å². The maximum absolute atomic E-state index is 12.1. The van der Waals surface area contributed by atoms with Crippen LogP contribution in [0.25, 0.3) is 0 Å². The van der Waals surface area contributed by atoms with Crippen molar-refractivity contribution in [1.82, 2.24) is 10.9 Å². The van der Waals surface area contributed by atoms with Crippen molar-refractivity contribution in [2.24, 2.45) is 11.8 Å². The molecule has 1 aliphatic carbocycles. The van der Waals surface area contributed by atoms with Crippen molar-refractivity contribution in [1.29, 1.82) is 0 Å². The van der Waals surface area contributed by atoms with Crippen LogP contribution in [0, 0.1) is 11.8 Å². The smallest absolute Gasteiger partial charge is 0.269 e. The molecule has 1 atom stereocenters. The molecule has 0 aromatic heterocycles. The van der Waals surface area contributed by atoms with E-state index in [1.54, 1.807) is 24.3 Å². The van der Waals surface area contributed by atoms with E-state index in [2.05, 4.69) is 10.9 Å². The lowest BCUT2D eigenvalue weighted by Gasteiger charge is -2.26. The fourth-order valence-electron chi connectivity index (χ4n) is 2.74. The molecule has 1 aliphatic rings. The molecule has 2 N–H and O–H groups in total. The van der Waals surface area contributed by atoms with Crippen molar-refractivity contribution in [2.75, 3.05) is 0 Å². The summed E-state index contributed by atoms with van der Waals surface area (Å²) >= 11 is 0. The Morgan fingerprint density at radius 2 is 1.70 bits per heavy atom. The molecule has 0 bridgehead atoms. The number of carbonyl (C=O) groups is 2. The molecule has 108 valence electrons. The largest absolute Gasteiger partial charge is 0.273 e.